The van der Waals surface area contributed by atoms with Gasteiger partial charge >= 0.3 is 0 Å². The first-order valence-corrected chi connectivity index (χ1v) is 5.70. The van der Waals surface area contributed by atoms with Gasteiger partial charge in [0.05, 0.1) is 6.54 Å². The van der Waals surface area contributed by atoms with Crippen LogP contribution in [-0.4, -0.2) is 36.7 Å². The molecule has 1 rings (SSSR count). The van der Waals surface area contributed by atoms with Gasteiger partial charge in [-0.25, -0.2) is 0 Å². The summed E-state index contributed by atoms with van der Waals surface area (Å²) in [5.41, 5.74) is 0.866. The second-order valence-corrected chi connectivity index (χ2v) is 3.74. The Hall–Kier alpha value is -1.78. The number of nitrogens with zero attached hydrogens (tertiary/aromatic N) is 3. The number of nitrogens with one attached hydrogen (secondary N) is 1. The summed E-state index contributed by atoms with van der Waals surface area (Å²) in [4.78, 5) is 6.30. The highest BCUT2D eigenvalue weighted by atomic mass is 16.5. The quantitative estimate of drug-likeness (QED) is 0.353. The average molecular weight is 236 g/mol. The molecule has 1 heterocycles. The molecule has 5 nitrogen and oxygen atoms in total. The molecule has 0 amide bonds. The van der Waals surface area contributed by atoms with Gasteiger partial charge in [-0.05, 0) is 12.8 Å². The second kappa shape index (κ2) is 7.49. The van der Waals surface area contributed by atoms with Gasteiger partial charge in [-0.1, -0.05) is 11.2 Å². The molecule has 1 N–H and O–H groups in total. The van der Waals surface area contributed by atoms with Crippen LogP contribution >= 0.6 is 0 Å². The van der Waals surface area contributed by atoms with Crippen LogP contribution in [0.4, 0.5) is 0 Å². The normalized spacial score (nSPS) is 11.3. The van der Waals surface area contributed by atoms with Crippen LogP contribution in [0.2, 0.25) is 0 Å². The standard InChI is InChI=1S/C12H20N4O/c1-4-5-6-8-16(3)12(13-2)14-10-11-7-9-17-15-11/h4,7,9H,1,5-6,8,10H2,2-3H3,(H,13,14). The third-order valence-corrected chi connectivity index (χ3v) is 2.39. The van der Waals surface area contributed by atoms with Crippen LogP contribution in [0.5, 0.6) is 0 Å². The molecule has 5 heteroatoms. The number of unbranched alkanes of at least 4 members (excludes halogenated alkanes) is 1. The number of allylic oxidation sites excluding steroid dienone is 1. The lowest BCUT2D eigenvalue weighted by Gasteiger charge is -2.21. The van der Waals surface area contributed by atoms with E-state index in [1.807, 2.05) is 19.2 Å². The largest absolute Gasteiger partial charge is 0.364 e. The van der Waals surface area contributed by atoms with E-state index in [1.54, 1.807) is 13.3 Å². The number of hydrogen-bond donors (Lipinski definition) is 1. The van der Waals surface area contributed by atoms with Crippen molar-refractivity contribution in [3.8, 4) is 0 Å². The maximum Gasteiger partial charge on any atom is 0.193 e. The summed E-state index contributed by atoms with van der Waals surface area (Å²) in [6, 6.07) is 1.83. The first-order chi connectivity index (χ1) is 8.27. The fourth-order valence-corrected chi connectivity index (χ4v) is 1.46. The SMILES string of the molecule is C=CCCCN(C)C(=NC)NCc1ccon1. The maximum absolute atomic E-state index is 4.77. The van der Waals surface area contributed by atoms with Gasteiger partial charge in [-0.15, -0.1) is 6.58 Å². The fourth-order valence-electron chi connectivity index (χ4n) is 1.46. The molecule has 0 saturated carbocycles. The minimum atomic E-state index is 0.620. The highest BCUT2D eigenvalue weighted by Gasteiger charge is 2.05. The van der Waals surface area contributed by atoms with E-state index in [1.165, 1.54) is 0 Å². The fraction of sp³-hybridized carbons (Fsp3) is 0.500. The molecule has 94 valence electrons. The highest BCUT2D eigenvalue weighted by molar-refractivity contribution is 5.79. The Kier molecular flexibility index (Phi) is 5.85. The summed E-state index contributed by atoms with van der Waals surface area (Å²) in [5.74, 6) is 0.858. The molecule has 0 aliphatic carbocycles. The Morgan fingerprint density at radius 2 is 2.53 bits per heavy atom. The van der Waals surface area contributed by atoms with Crippen molar-refractivity contribution in [2.75, 3.05) is 20.6 Å². The molecule has 0 aliphatic heterocycles. The van der Waals surface area contributed by atoms with E-state index >= 15 is 0 Å². The molecule has 0 unspecified atom stereocenters. The molecule has 17 heavy (non-hydrogen) atoms. The first-order valence-electron chi connectivity index (χ1n) is 5.70. The summed E-state index contributed by atoms with van der Waals surface area (Å²) in [6.07, 6.45) is 5.59. The summed E-state index contributed by atoms with van der Waals surface area (Å²) in [7, 11) is 3.79. The molecular weight excluding hydrogens is 216 g/mol. The van der Waals surface area contributed by atoms with Gasteiger partial charge < -0.3 is 14.7 Å². The van der Waals surface area contributed by atoms with Crippen molar-refractivity contribution in [2.45, 2.75) is 19.4 Å². The van der Waals surface area contributed by atoms with Gasteiger partial charge in [0.15, 0.2) is 5.96 Å². The van der Waals surface area contributed by atoms with Gasteiger partial charge in [0.2, 0.25) is 0 Å². The summed E-state index contributed by atoms with van der Waals surface area (Å²) in [5, 5.41) is 7.06. The van der Waals surface area contributed by atoms with Crippen molar-refractivity contribution < 1.29 is 4.52 Å². The number of aromatic nitrogens is 1. The molecule has 0 aliphatic rings. The van der Waals surface area contributed by atoms with E-state index in [4.69, 9.17) is 4.52 Å². The van der Waals surface area contributed by atoms with Crippen LogP contribution in [0.15, 0.2) is 34.5 Å². The number of aliphatic imine (C=N–C) groups is 1. The van der Waals surface area contributed by atoms with Gasteiger partial charge in [0.1, 0.15) is 12.0 Å². The predicted octanol–water partition coefficient (Wildman–Crippen LogP) is 1.65. The number of hydrogen-bond acceptors (Lipinski definition) is 3. The minimum absolute atomic E-state index is 0.620. The molecule has 0 spiro atoms. The molecule has 0 fully saturated rings. The van der Waals surface area contributed by atoms with Gasteiger partial charge in [-0.2, -0.15) is 0 Å². The lowest BCUT2D eigenvalue weighted by Crippen LogP contribution is -2.39. The van der Waals surface area contributed by atoms with Crippen molar-refractivity contribution >= 4 is 5.96 Å². The van der Waals surface area contributed by atoms with Crippen molar-refractivity contribution in [1.29, 1.82) is 0 Å². The molecule has 1 aromatic rings. The van der Waals surface area contributed by atoms with Crippen molar-refractivity contribution in [2.24, 2.45) is 4.99 Å². The van der Waals surface area contributed by atoms with Gasteiger partial charge in [-0.3, -0.25) is 4.99 Å². The monoisotopic (exact) mass is 236 g/mol. The summed E-state index contributed by atoms with van der Waals surface area (Å²) >= 11 is 0. The lowest BCUT2D eigenvalue weighted by atomic mass is 10.3. The average Bonchev–Trinajstić information content (AvgIpc) is 2.83. The Labute approximate surface area is 102 Å². The number of rotatable bonds is 6. The van der Waals surface area contributed by atoms with Gasteiger partial charge in [0, 0.05) is 26.7 Å². The van der Waals surface area contributed by atoms with E-state index in [-0.39, 0.29) is 0 Å². The molecular formula is C12H20N4O. The lowest BCUT2D eigenvalue weighted by molar-refractivity contribution is 0.409. The highest BCUT2D eigenvalue weighted by Crippen LogP contribution is 1.97. The smallest absolute Gasteiger partial charge is 0.193 e. The molecule has 0 aromatic carbocycles. The predicted molar refractivity (Wildman–Crippen MR) is 68.8 cm³/mol. The van der Waals surface area contributed by atoms with Crippen LogP contribution < -0.4 is 5.32 Å². The second-order valence-electron chi connectivity index (χ2n) is 3.74. The first kappa shape index (κ1) is 13.3. The van der Waals surface area contributed by atoms with Crippen LogP contribution in [0, 0.1) is 0 Å². The van der Waals surface area contributed by atoms with Crippen LogP contribution in [-0.2, 0) is 6.54 Å². The van der Waals surface area contributed by atoms with Gasteiger partial charge in [0.25, 0.3) is 0 Å². The van der Waals surface area contributed by atoms with E-state index in [2.05, 4.69) is 26.9 Å². The zero-order valence-electron chi connectivity index (χ0n) is 10.5. The third kappa shape index (κ3) is 4.72. The summed E-state index contributed by atoms with van der Waals surface area (Å²) in [6.45, 7) is 5.28. The van der Waals surface area contributed by atoms with Crippen LogP contribution in [0.3, 0.4) is 0 Å². The van der Waals surface area contributed by atoms with Crippen LogP contribution in [0.1, 0.15) is 18.5 Å². The molecule has 0 bridgehead atoms. The van der Waals surface area contributed by atoms with E-state index in [0.717, 1.165) is 31.0 Å². The third-order valence-electron chi connectivity index (χ3n) is 2.39. The van der Waals surface area contributed by atoms with Crippen molar-refractivity contribution in [3.05, 3.63) is 30.7 Å². The Balaban J connectivity index is 2.34. The Bertz CT molecular complexity index is 345. The molecule has 0 radical (unpaired) electrons. The van der Waals surface area contributed by atoms with Crippen molar-refractivity contribution in [3.63, 3.8) is 0 Å². The van der Waals surface area contributed by atoms with Crippen LogP contribution in [0.25, 0.3) is 0 Å². The molecule has 0 saturated heterocycles. The van der Waals surface area contributed by atoms with Crippen molar-refractivity contribution in [1.82, 2.24) is 15.4 Å². The maximum atomic E-state index is 4.77. The number of guanidine groups is 1. The topological polar surface area (TPSA) is 53.7 Å². The minimum Gasteiger partial charge on any atom is -0.364 e. The summed E-state index contributed by atoms with van der Waals surface area (Å²) < 4.78 is 4.77. The molecule has 1 aromatic heterocycles. The zero-order valence-corrected chi connectivity index (χ0v) is 10.5. The Morgan fingerprint density at radius 3 is 3.12 bits per heavy atom. The van der Waals surface area contributed by atoms with E-state index < -0.39 is 0 Å². The molecule has 0 atom stereocenters. The van der Waals surface area contributed by atoms with E-state index in [9.17, 15) is 0 Å². The Morgan fingerprint density at radius 1 is 1.71 bits per heavy atom. The zero-order chi connectivity index (χ0) is 12.5. The van der Waals surface area contributed by atoms with E-state index in [0.29, 0.717) is 6.54 Å².